The lowest BCUT2D eigenvalue weighted by molar-refractivity contribution is 0.101. The smallest absolute Gasteiger partial charge is 0.322 e. The van der Waals surface area contributed by atoms with E-state index in [-0.39, 0.29) is 11.9 Å². The van der Waals surface area contributed by atoms with E-state index in [0.717, 1.165) is 29.2 Å². The molecule has 0 unspecified atom stereocenters. The summed E-state index contributed by atoms with van der Waals surface area (Å²) in [6.45, 7) is 2.00. The Kier molecular flexibility index (Phi) is 2.89. The maximum atomic E-state index is 12.3. The van der Waals surface area contributed by atoms with Crippen LogP contribution in [0, 0.1) is 6.92 Å². The third-order valence-electron chi connectivity index (χ3n) is 3.80. The number of carbonyl (C=O) groups excluding carboxylic acids is 1. The summed E-state index contributed by atoms with van der Waals surface area (Å²) >= 11 is 0. The molecule has 22 heavy (non-hydrogen) atoms. The van der Waals surface area contributed by atoms with E-state index in [0.29, 0.717) is 17.5 Å². The highest BCUT2D eigenvalue weighted by molar-refractivity contribution is 6.04. The van der Waals surface area contributed by atoms with Gasteiger partial charge in [-0.1, -0.05) is 23.3 Å². The molecule has 4 rings (SSSR count). The van der Waals surface area contributed by atoms with E-state index in [4.69, 9.17) is 4.42 Å². The molecule has 0 bridgehead atoms. The molecular weight excluding hydrogens is 280 g/mol. The standard InChI is InChI=1S/C16H14N4O2/c1-9-3-2-4-11-8-17-13(7-12(9)11)14(21)18-16-20-19-15(22-16)10-5-6-10/h2-4,7-8,10H,5-6H2,1H3,(H,18,20,21). The Hall–Kier alpha value is -2.76. The summed E-state index contributed by atoms with van der Waals surface area (Å²) in [6, 6.07) is 7.84. The van der Waals surface area contributed by atoms with Gasteiger partial charge in [0.05, 0.1) is 0 Å². The third-order valence-corrected chi connectivity index (χ3v) is 3.80. The number of amides is 1. The molecule has 1 aromatic carbocycles. The molecular formula is C16H14N4O2. The molecule has 0 spiro atoms. The van der Waals surface area contributed by atoms with Crippen LogP contribution < -0.4 is 5.32 Å². The zero-order valence-corrected chi connectivity index (χ0v) is 12.0. The van der Waals surface area contributed by atoms with Crippen LogP contribution in [0.25, 0.3) is 10.8 Å². The summed E-state index contributed by atoms with van der Waals surface area (Å²) in [5.74, 6) is 0.605. The molecule has 2 heterocycles. The molecule has 0 saturated heterocycles. The minimum atomic E-state index is -0.351. The van der Waals surface area contributed by atoms with Gasteiger partial charge < -0.3 is 4.42 Å². The fourth-order valence-corrected chi connectivity index (χ4v) is 2.39. The zero-order chi connectivity index (χ0) is 15.1. The number of hydrogen-bond donors (Lipinski definition) is 1. The second-order valence-electron chi connectivity index (χ2n) is 5.54. The molecule has 6 heteroatoms. The highest BCUT2D eigenvalue weighted by Gasteiger charge is 2.29. The van der Waals surface area contributed by atoms with Crippen molar-refractivity contribution in [2.24, 2.45) is 0 Å². The van der Waals surface area contributed by atoms with E-state index in [9.17, 15) is 4.79 Å². The molecule has 0 atom stereocenters. The summed E-state index contributed by atoms with van der Waals surface area (Å²) in [7, 11) is 0. The van der Waals surface area contributed by atoms with Crippen LogP contribution in [0.4, 0.5) is 6.01 Å². The first-order valence-corrected chi connectivity index (χ1v) is 7.21. The van der Waals surface area contributed by atoms with Crippen LogP contribution in [0.15, 0.2) is 34.9 Å². The molecule has 1 aliphatic carbocycles. The quantitative estimate of drug-likeness (QED) is 0.803. The molecule has 6 nitrogen and oxygen atoms in total. The molecule has 1 N–H and O–H groups in total. The van der Waals surface area contributed by atoms with Gasteiger partial charge in [-0.15, -0.1) is 5.10 Å². The molecule has 110 valence electrons. The van der Waals surface area contributed by atoms with Gasteiger partial charge >= 0.3 is 6.01 Å². The number of hydrogen-bond acceptors (Lipinski definition) is 5. The topological polar surface area (TPSA) is 80.9 Å². The summed E-state index contributed by atoms with van der Waals surface area (Å²) in [6.07, 6.45) is 3.84. The first-order chi connectivity index (χ1) is 10.7. The number of nitrogens with zero attached hydrogens (tertiary/aromatic N) is 3. The van der Waals surface area contributed by atoms with E-state index in [1.165, 1.54) is 0 Å². The SMILES string of the molecule is Cc1cccc2cnc(C(=O)Nc3nnc(C4CC4)o3)cc12. The van der Waals surface area contributed by atoms with E-state index >= 15 is 0 Å². The Balaban J connectivity index is 1.59. The Labute approximate surface area is 126 Å². The Morgan fingerprint density at radius 2 is 2.18 bits per heavy atom. The fourth-order valence-electron chi connectivity index (χ4n) is 2.39. The van der Waals surface area contributed by atoms with Gasteiger partial charge in [0.1, 0.15) is 5.69 Å². The van der Waals surface area contributed by atoms with Crippen LogP contribution in [0.3, 0.4) is 0 Å². The number of pyridine rings is 1. The Morgan fingerprint density at radius 1 is 1.32 bits per heavy atom. The molecule has 1 saturated carbocycles. The van der Waals surface area contributed by atoms with Gasteiger partial charge in [-0.25, -0.2) is 0 Å². The van der Waals surface area contributed by atoms with E-state index < -0.39 is 0 Å². The fraction of sp³-hybridized carbons (Fsp3) is 0.250. The third kappa shape index (κ3) is 2.32. The number of fused-ring (bicyclic) bond motifs is 1. The lowest BCUT2D eigenvalue weighted by atomic mass is 10.1. The van der Waals surface area contributed by atoms with Crippen LogP contribution in [0.1, 0.15) is 40.7 Å². The second-order valence-corrected chi connectivity index (χ2v) is 5.54. The lowest BCUT2D eigenvalue weighted by Crippen LogP contribution is -2.13. The average molecular weight is 294 g/mol. The van der Waals surface area contributed by atoms with Gasteiger partial charge in [-0.05, 0) is 36.8 Å². The van der Waals surface area contributed by atoms with Gasteiger partial charge in [0.25, 0.3) is 5.91 Å². The minimum absolute atomic E-state index is 0.124. The predicted octanol–water partition coefficient (Wildman–Crippen LogP) is 3.06. The van der Waals surface area contributed by atoms with Crippen LogP contribution in [-0.2, 0) is 0 Å². The molecule has 0 radical (unpaired) electrons. The van der Waals surface area contributed by atoms with Gasteiger partial charge in [0.2, 0.25) is 5.89 Å². The molecule has 1 aliphatic rings. The summed E-state index contributed by atoms with van der Waals surface area (Å²) in [5, 5.41) is 12.4. The predicted molar refractivity (Wildman–Crippen MR) is 80.7 cm³/mol. The first-order valence-electron chi connectivity index (χ1n) is 7.21. The highest BCUT2D eigenvalue weighted by Crippen LogP contribution is 2.39. The lowest BCUT2D eigenvalue weighted by Gasteiger charge is -2.04. The number of nitrogens with one attached hydrogen (secondary N) is 1. The monoisotopic (exact) mass is 294 g/mol. The summed E-state index contributed by atoms with van der Waals surface area (Å²) in [4.78, 5) is 16.5. The van der Waals surface area contributed by atoms with Crippen LogP contribution in [-0.4, -0.2) is 21.1 Å². The van der Waals surface area contributed by atoms with E-state index in [1.54, 1.807) is 12.3 Å². The number of rotatable bonds is 3. The van der Waals surface area contributed by atoms with Crippen molar-refractivity contribution in [3.8, 4) is 0 Å². The van der Waals surface area contributed by atoms with Gasteiger partial charge in [-0.3, -0.25) is 15.1 Å². The van der Waals surface area contributed by atoms with Gasteiger partial charge in [0, 0.05) is 17.5 Å². The molecule has 2 aromatic heterocycles. The van der Waals surface area contributed by atoms with Crippen LogP contribution in [0.2, 0.25) is 0 Å². The second kappa shape index (κ2) is 4.91. The average Bonchev–Trinajstić information content (AvgIpc) is 3.28. The first kappa shape index (κ1) is 12.9. The zero-order valence-electron chi connectivity index (χ0n) is 12.0. The Bertz CT molecular complexity index is 867. The van der Waals surface area contributed by atoms with Crippen molar-refractivity contribution in [3.63, 3.8) is 0 Å². The number of benzene rings is 1. The molecule has 0 aliphatic heterocycles. The molecule has 3 aromatic rings. The molecule has 1 amide bonds. The normalized spacial score (nSPS) is 14.2. The van der Waals surface area contributed by atoms with Crippen molar-refractivity contribution < 1.29 is 9.21 Å². The molecule has 1 fully saturated rings. The van der Waals surface area contributed by atoms with E-state index in [2.05, 4.69) is 20.5 Å². The highest BCUT2D eigenvalue weighted by atomic mass is 16.4. The van der Waals surface area contributed by atoms with E-state index in [1.807, 2.05) is 25.1 Å². The van der Waals surface area contributed by atoms with Gasteiger partial charge in [-0.2, -0.15) is 0 Å². The van der Waals surface area contributed by atoms with Crippen molar-refractivity contribution in [1.29, 1.82) is 0 Å². The number of aryl methyl sites for hydroxylation is 1. The van der Waals surface area contributed by atoms with Crippen molar-refractivity contribution in [1.82, 2.24) is 15.2 Å². The Morgan fingerprint density at radius 3 is 3.00 bits per heavy atom. The number of carbonyl (C=O) groups is 1. The van der Waals surface area contributed by atoms with Crippen LogP contribution in [0.5, 0.6) is 0 Å². The summed E-state index contributed by atoms with van der Waals surface area (Å²) in [5.41, 5.74) is 1.43. The number of aromatic nitrogens is 3. The van der Waals surface area contributed by atoms with Crippen molar-refractivity contribution >= 4 is 22.7 Å². The number of anilines is 1. The maximum absolute atomic E-state index is 12.3. The largest absolute Gasteiger partial charge is 0.408 e. The van der Waals surface area contributed by atoms with Crippen molar-refractivity contribution in [3.05, 3.63) is 47.6 Å². The van der Waals surface area contributed by atoms with Crippen molar-refractivity contribution in [2.45, 2.75) is 25.7 Å². The summed E-state index contributed by atoms with van der Waals surface area (Å²) < 4.78 is 5.43. The van der Waals surface area contributed by atoms with Crippen molar-refractivity contribution in [2.75, 3.05) is 5.32 Å². The van der Waals surface area contributed by atoms with Gasteiger partial charge in [0.15, 0.2) is 0 Å². The minimum Gasteiger partial charge on any atom is -0.408 e. The maximum Gasteiger partial charge on any atom is 0.322 e. The van der Waals surface area contributed by atoms with Crippen LogP contribution >= 0.6 is 0 Å².